The number of carbonyl (C=O) groups is 2. The number of benzene rings is 1. The molecule has 0 N–H and O–H groups in total. The number of alkyl halides is 1. The molecule has 5 aliphatic rings. The van der Waals surface area contributed by atoms with Gasteiger partial charge in [-0.1, -0.05) is 6.08 Å². The average Bonchev–Trinajstić information content (AvgIpc) is 3.40. The van der Waals surface area contributed by atoms with E-state index >= 15 is 0 Å². The lowest BCUT2D eigenvalue weighted by molar-refractivity contribution is 0.0124. The third kappa shape index (κ3) is 8.07. The number of piperidine rings is 2. The Morgan fingerprint density at radius 3 is 2.22 bits per heavy atom. The monoisotopic (exact) mass is 690 g/mol. The molecule has 2 amide bonds. The first kappa shape index (κ1) is 35.6. The molecule has 9 nitrogen and oxygen atoms in total. The predicted molar refractivity (Wildman–Crippen MR) is 195 cm³/mol. The van der Waals surface area contributed by atoms with E-state index < -0.39 is 11.0 Å². The quantitative estimate of drug-likeness (QED) is 0.333. The number of rotatable bonds is 5. The highest BCUT2D eigenvalue weighted by molar-refractivity contribution is 6.22. The number of nitriles is 1. The standard InChI is InChI=1S/C39H55ClN6O3/c1-29-25-39(28-46(29)33-10-13-38(5,27-41)34(40)24-33)14-18-43(19-15-39)32-8-6-31(7-9-32)35(47)44-16-11-30(12-17-44)26-42-20-22-45(23-21-42)36(48)49-37(2,3)4/h6-10,13,24,29-30,34H,11-12,14-23,25-26,28H2,1-5H3/t29-,34?,38?/m0/s1. The van der Waals surface area contributed by atoms with E-state index in [4.69, 9.17) is 16.3 Å². The molecule has 0 bridgehead atoms. The summed E-state index contributed by atoms with van der Waals surface area (Å²) in [6.45, 7) is 18.7. The Balaban J connectivity index is 0.937. The van der Waals surface area contributed by atoms with Crippen molar-refractivity contribution < 1.29 is 14.3 Å². The Hall–Kier alpha value is -3.22. The minimum Gasteiger partial charge on any atom is -0.444 e. The van der Waals surface area contributed by atoms with Gasteiger partial charge in [-0.25, -0.2) is 4.79 Å². The van der Waals surface area contributed by atoms with Gasteiger partial charge in [0, 0.05) is 88.4 Å². The van der Waals surface area contributed by atoms with Crippen molar-refractivity contribution in [3.05, 3.63) is 53.8 Å². The van der Waals surface area contributed by atoms with E-state index in [1.165, 1.54) is 12.1 Å². The fourth-order valence-electron chi connectivity index (χ4n) is 8.41. The fraction of sp³-hybridized carbons (Fsp3) is 0.667. The summed E-state index contributed by atoms with van der Waals surface area (Å²) in [5.41, 5.74) is 2.28. The second-order valence-electron chi connectivity index (χ2n) is 16.4. The van der Waals surface area contributed by atoms with E-state index in [0.717, 1.165) is 89.3 Å². The number of carbonyl (C=O) groups excluding carboxylic acids is 2. The van der Waals surface area contributed by atoms with Crippen molar-refractivity contribution in [2.24, 2.45) is 16.7 Å². The van der Waals surface area contributed by atoms with E-state index in [-0.39, 0.29) is 17.4 Å². The Morgan fingerprint density at radius 1 is 0.980 bits per heavy atom. The number of halogens is 1. The largest absolute Gasteiger partial charge is 0.444 e. The SMILES string of the molecule is C[C@H]1CC2(CCN(c3ccc(C(=O)N4CCC(CN5CCN(C(=O)OC(C)(C)C)CC5)CC4)cc3)CC2)CN1C1=CC(Cl)C(C)(C#N)C=C1. The number of anilines is 1. The molecular weight excluding hydrogens is 636 g/mol. The van der Waals surface area contributed by atoms with E-state index in [2.05, 4.69) is 52.0 Å². The number of amides is 2. The van der Waals surface area contributed by atoms with Gasteiger partial charge in [-0.15, -0.1) is 11.6 Å². The summed E-state index contributed by atoms with van der Waals surface area (Å²) in [5.74, 6) is 0.707. The first-order valence-corrected chi connectivity index (χ1v) is 18.8. The van der Waals surface area contributed by atoms with Gasteiger partial charge in [0.25, 0.3) is 5.91 Å². The molecule has 6 rings (SSSR count). The van der Waals surface area contributed by atoms with Crippen molar-refractivity contribution in [1.29, 1.82) is 5.26 Å². The fourth-order valence-corrected chi connectivity index (χ4v) is 8.66. The maximum Gasteiger partial charge on any atom is 0.410 e. The highest BCUT2D eigenvalue weighted by Crippen LogP contribution is 2.46. The van der Waals surface area contributed by atoms with Crippen LogP contribution >= 0.6 is 11.6 Å². The summed E-state index contributed by atoms with van der Waals surface area (Å²) in [5, 5.41) is 9.25. The van der Waals surface area contributed by atoms with Crippen molar-refractivity contribution >= 4 is 29.3 Å². The van der Waals surface area contributed by atoms with Crippen molar-refractivity contribution in [3.63, 3.8) is 0 Å². The van der Waals surface area contributed by atoms with Crippen LogP contribution in [0.15, 0.2) is 48.2 Å². The molecule has 4 aliphatic heterocycles. The molecule has 3 atom stereocenters. The van der Waals surface area contributed by atoms with E-state index in [1.54, 1.807) is 0 Å². The number of allylic oxidation sites excluding steroid dienone is 3. The molecule has 10 heteroatoms. The molecule has 4 saturated heterocycles. The molecule has 266 valence electrons. The van der Waals surface area contributed by atoms with Gasteiger partial charge < -0.3 is 24.3 Å². The first-order valence-electron chi connectivity index (χ1n) is 18.3. The van der Waals surface area contributed by atoms with Gasteiger partial charge >= 0.3 is 6.09 Å². The Labute approximate surface area is 298 Å². The number of ether oxygens (including phenoxy) is 1. The molecule has 0 saturated carbocycles. The van der Waals surface area contributed by atoms with Crippen LogP contribution in [0.25, 0.3) is 0 Å². The van der Waals surface area contributed by atoms with Gasteiger partial charge in [0.1, 0.15) is 5.60 Å². The summed E-state index contributed by atoms with van der Waals surface area (Å²) in [6, 6.07) is 11.1. The zero-order valence-electron chi connectivity index (χ0n) is 30.2. The Kier molecular flexibility index (Phi) is 10.3. The molecule has 1 aromatic rings. The number of hydrogen-bond acceptors (Lipinski definition) is 7. The maximum atomic E-state index is 13.4. The van der Waals surface area contributed by atoms with Gasteiger partial charge in [0.05, 0.1) is 16.9 Å². The number of piperazine rings is 1. The van der Waals surface area contributed by atoms with Crippen LogP contribution in [0.5, 0.6) is 0 Å². The van der Waals surface area contributed by atoms with E-state index in [0.29, 0.717) is 30.5 Å². The topological polar surface area (TPSA) is 83.4 Å². The van der Waals surface area contributed by atoms with Crippen LogP contribution in [0, 0.1) is 28.1 Å². The molecule has 4 fully saturated rings. The molecule has 1 aliphatic carbocycles. The number of nitrogens with zero attached hydrogens (tertiary/aromatic N) is 6. The minimum atomic E-state index is -0.654. The maximum absolute atomic E-state index is 13.4. The molecule has 0 radical (unpaired) electrons. The molecule has 4 heterocycles. The third-order valence-electron chi connectivity index (χ3n) is 11.6. The summed E-state index contributed by atoms with van der Waals surface area (Å²) < 4.78 is 5.54. The van der Waals surface area contributed by atoms with Crippen molar-refractivity contribution in [1.82, 2.24) is 19.6 Å². The van der Waals surface area contributed by atoms with Crippen LogP contribution in [-0.4, -0.2) is 114 Å². The second kappa shape index (κ2) is 14.2. The highest BCUT2D eigenvalue weighted by Gasteiger charge is 2.45. The summed E-state index contributed by atoms with van der Waals surface area (Å²) in [4.78, 5) is 37.1. The predicted octanol–water partition coefficient (Wildman–Crippen LogP) is 6.36. The lowest BCUT2D eigenvalue weighted by Crippen LogP contribution is -2.51. The third-order valence-corrected chi connectivity index (χ3v) is 12.2. The number of likely N-dealkylation sites (tertiary alicyclic amines) is 2. The van der Waals surface area contributed by atoms with Crippen molar-refractivity contribution in [3.8, 4) is 6.07 Å². The normalized spacial score (nSPS) is 28.1. The van der Waals surface area contributed by atoms with Gasteiger partial charge in [-0.3, -0.25) is 9.69 Å². The van der Waals surface area contributed by atoms with Gasteiger partial charge in [-0.05, 0) is 114 Å². The van der Waals surface area contributed by atoms with Crippen LogP contribution < -0.4 is 4.90 Å². The van der Waals surface area contributed by atoms with Crippen LogP contribution in [0.1, 0.15) is 77.1 Å². The zero-order chi connectivity index (χ0) is 35.0. The summed E-state index contributed by atoms with van der Waals surface area (Å²) in [6.07, 6.45) is 11.4. The van der Waals surface area contributed by atoms with Crippen LogP contribution in [0.2, 0.25) is 0 Å². The first-order chi connectivity index (χ1) is 23.3. The lowest BCUT2D eigenvalue weighted by Gasteiger charge is -2.41. The van der Waals surface area contributed by atoms with E-state index in [9.17, 15) is 14.9 Å². The summed E-state index contributed by atoms with van der Waals surface area (Å²) in [7, 11) is 0. The molecule has 49 heavy (non-hydrogen) atoms. The lowest BCUT2D eigenvalue weighted by atomic mass is 9.76. The molecular formula is C39H55ClN6O3. The molecule has 1 aromatic carbocycles. The van der Waals surface area contributed by atoms with Gasteiger partial charge in [0.15, 0.2) is 0 Å². The van der Waals surface area contributed by atoms with E-state index in [1.807, 2.05) is 55.7 Å². The zero-order valence-corrected chi connectivity index (χ0v) is 30.9. The smallest absolute Gasteiger partial charge is 0.410 e. The average molecular weight is 691 g/mol. The van der Waals surface area contributed by atoms with Gasteiger partial charge in [0.2, 0.25) is 0 Å². The number of hydrogen-bond donors (Lipinski definition) is 0. The second-order valence-corrected chi connectivity index (χ2v) is 16.9. The van der Waals surface area contributed by atoms with Crippen LogP contribution in [-0.2, 0) is 4.74 Å². The summed E-state index contributed by atoms with van der Waals surface area (Å²) >= 11 is 6.63. The highest BCUT2D eigenvalue weighted by atomic mass is 35.5. The molecule has 0 aromatic heterocycles. The molecule has 2 unspecified atom stereocenters. The van der Waals surface area contributed by atoms with Crippen molar-refractivity contribution in [2.45, 2.75) is 83.7 Å². The van der Waals surface area contributed by atoms with Crippen LogP contribution in [0.3, 0.4) is 0 Å². The van der Waals surface area contributed by atoms with Gasteiger partial charge in [-0.2, -0.15) is 5.26 Å². The van der Waals surface area contributed by atoms with Crippen molar-refractivity contribution in [2.75, 3.05) is 70.3 Å². The Morgan fingerprint density at radius 2 is 1.63 bits per heavy atom. The Bertz CT molecular complexity index is 1460. The van der Waals surface area contributed by atoms with Crippen LogP contribution in [0.4, 0.5) is 10.5 Å². The molecule has 1 spiro atoms. The minimum absolute atomic E-state index is 0.133.